The molecule has 4 rings (SSSR count). The Morgan fingerprint density at radius 2 is 1.68 bits per heavy atom. The predicted octanol–water partition coefficient (Wildman–Crippen LogP) is 5.25. The van der Waals surface area contributed by atoms with Gasteiger partial charge in [0.2, 0.25) is 0 Å². The number of aryl methyl sites for hydroxylation is 1. The summed E-state index contributed by atoms with van der Waals surface area (Å²) >= 11 is 0. The van der Waals surface area contributed by atoms with Gasteiger partial charge in [0, 0.05) is 27.9 Å². The first kappa shape index (κ1) is 15.2. The number of aromatic amines is 1. The van der Waals surface area contributed by atoms with Crippen LogP contribution in [-0.2, 0) is 4.79 Å². The molecule has 0 unspecified atom stereocenters. The van der Waals surface area contributed by atoms with Crippen LogP contribution in [-0.4, -0.2) is 11.0 Å². The predicted molar refractivity (Wildman–Crippen MR) is 102 cm³/mol. The van der Waals surface area contributed by atoms with Crippen LogP contribution in [0.3, 0.4) is 0 Å². The lowest BCUT2D eigenvalue weighted by Crippen LogP contribution is -2.03. The zero-order chi connectivity index (χ0) is 17.2. The van der Waals surface area contributed by atoms with Crippen LogP contribution in [0.1, 0.15) is 11.1 Å². The first-order chi connectivity index (χ1) is 12.2. The molecule has 3 aromatic carbocycles. The number of ether oxygens (including phenoxy) is 1. The Morgan fingerprint density at radius 1 is 0.920 bits per heavy atom. The molecular formula is C22H17NO2. The number of carbonyl (C=O) groups is 1. The van der Waals surface area contributed by atoms with Crippen molar-refractivity contribution < 1.29 is 9.53 Å². The number of H-pyrrole nitrogens is 1. The van der Waals surface area contributed by atoms with Gasteiger partial charge in [-0.3, -0.25) is 0 Å². The van der Waals surface area contributed by atoms with Gasteiger partial charge in [0.15, 0.2) is 0 Å². The Labute approximate surface area is 145 Å². The molecule has 0 bridgehead atoms. The number of aromatic nitrogens is 1. The van der Waals surface area contributed by atoms with Gasteiger partial charge in [0.25, 0.3) is 0 Å². The summed E-state index contributed by atoms with van der Waals surface area (Å²) in [6, 6.07) is 21.7. The molecule has 0 aliphatic carbocycles. The summed E-state index contributed by atoms with van der Waals surface area (Å²) in [4.78, 5) is 15.4. The minimum absolute atomic E-state index is 0.389. The Hall–Kier alpha value is -3.33. The maximum Gasteiger partial charge on any atom is 0.336 e. The van der Waals surface area contributed by atoms with Gasteiger partial charge < -0.3 is 9.72 Å². The number of fused-ring (bicyclic) bond motifs is 3. The number of esters is 1. The quantitative estimate of drug-likeness (QED) is 0.317. The van der Waals surface area contributed by atoms with Gasteiger partial charge in [0.1, 0.15) is 5.75 Å². The highest BCUT2D eigenvalue weighted by atomic mass is 16.5. The SMILES string of the molecule is Cc1ccc(/C=C/C(=O)Oc2ccc3[nH]c4ccccc4c3c2)cc1. The summed E-state index contributed by atoms with van der Waals surface area (Å²) in [5.41, 5.74) is 4.25. The van der Waals surface area contributed by atoms with E-state index in [2.05, 4.69) is 11.1 Å². The minimum atomic E-state index is -0.389. The van der Waals surface area contributed by atoms with E-state index in [1.807, 2.05) is 61.5 Å². The second-order valence-electron chi connectivity index (χ2n) is 6.04. The lowest BCUT2D eigenvalue weighted by atomic mass is 10.1. The third kappa shape index (κ3) is 3.17. The second kappa shape index (κ2) is 6.29. The van der Waals surface area contributed by atoms with E-state index >= 15 is 0 Å². The van der Waals surface area contributed by atoms with Crippen LogP contribution in [0.2, 0.25) is 0 Å². The first-order valence-electron chi connectivity index (χ1n) is 8.16. The summed E-state index contributed by atoms with van der Waals surface area (Å²) in [6.45, 7) is 2.03. The fourth-order valence-electron chi connectivity index (χ4n) is 2.88. The minimum Gasteiger partial charge on any atom is -0.423 e. The fraction of sp³-hybridized carbons (Fsp3) is 0.0455. The van der Waals surface area contributed by atoms with Crippen molar-refractivity contribution >= 4 is 33.9 Å². The van der Waals surface area contributed by atoms with Crippen molar-refractivity contribution in [3.63, 3.8) is 0 Å². The molecular weight excluding hydrogens is 310 g/mol. The largest absolute Gasteiger partial charge is 0.423 e. The van der Waals surface area contributed by atoms with Gasteiger partial charge in [-0.1, -0.05) is 48.0 Å². The molecule has 0 aliphatic heterocycles. The molecule has 25 heavy (non-hydrogen) atoms. The number of nitrogens with one attached hydrogen (secondary N) is 1. The van der Waals surface area contributed by atoms with E-state index in [-0.39, 0.29) is 5.97 Å². The lowest BCUT2D eigenvalue weighted by Gasteiger charge is -2.02. The highest BCUT2D eigenvalue weighted by Gasteiger charge is 2.07. The molecule has 0 radical (unpaired) electrons. The summed E-state index contributed by atoms with van der Waals surface area (Å²) in [7, 11) is 0. The van der Waals surface area contributed by atoms with E-state index in [0.717, 1.165) is 27.4 Å². The van der Waals surface area contributed by atoms with E-state index < -0.39 is 0 Å². The van der Waals surface area contributed by atoms with Crippen LogP contribution in [0.15, 0.2) is 72.8 Å². The summed E-state index contributed by atoms with van der Waals surface area (Å²) in [6.07, 6.45) is 3.20. The smallest absolute Gasteiger partial charge is 0.336 e. The van der Waals surface area contributed by atoms with Crippen molar-refractivity contribution in [3.8, 4) is 5.75 Å². The van der Waals surface area contributed by atoms with Gasteiger partial charge in [-0.15, -0.1) is 0 Å². The van der Waals surface area contributed by atoms with Gasteiger partial charge in [0.05, 0.1) is 0 Å². The maximum absolute atomic E-state index is 12.1. The van der Waals surface area contributed by atoms with Crippen molar-refractivity contribution in [1.29, 1.82) is 0 Å². The topological polar surface area (TPSA) is 42.1 Å². The normalized spacial score (nSPS) is 11.4. The molecule has 1 N–H and O–H groups in total. The van der Waals surface area contributed by atoms with Gasteiger partial charge >= 0.3 is 5.97 Å². The molecule has 1 aromatic heterocycles. The van der Waals surface area contributed by atoms with Crippen LogP contribution < -0.4 is 4.74 Å². The molecule has 3 heteroatoms. The van der Waals surface area contributed by atoms with Gasteiger partial charge in [-0.05, 0) is 42.8 Å². The molecule has 1 heterocycles. The van der Waals surface area contributed by atoms with Crippen LogP contribution in [0.25, 0.3) is 27.9 Å². The Balaban J connectivity index is 1.56. The number of benzene rings is 3. The molecule has 122 valence electrons. The van der Waals surface area contributed by atoms with E-state index in [0.29, 0.717) is 5.75 Å². The standard InChI is InChI=1S/C22H17NO2/c1-15-6-8-16(9-7-15)10-13-22(24)25-17-11-12-21-19(14-17)18-4-2-3-5-20(18)23-21/h2-14,23H,1H3/b13-10+. The van der Waals surface area contributed by atoms with Crippen molar-refractivity contribution in [1.82, 2.24) is 4.98 Å². The molecule has 3 nitrogen and oxygen atoms in total. The van der Waals surface area contributed by atoms with Crippen molar-refractivity contribution in [3.05, 3.63) is 83.9 Å². The average molecular weight is 327 g/mol. The van der Waals surface area contributed by atoms with Crippen molar-refractivity contribution in [2.75, 3.05) is 0 Å². The molecule has 0 saturated carbocycles. The lowest BCUT2D eigenvalue weighted by molar-refractivity contribution is -0.128. The Bertz CT molecular complexity index is 1090. The number of hydrogen-bond acceptors (Lipinski definition) is 2. The average Bonchev–Trinajstić information content (AvgIpc) is 2.99. The molecule has 0 aliphatic rings. The van der Waals surface area contributed by atoms with Crippen LogP contribution in [0, 0.1) is 6.92 Å². The monoisotopic (exact) mass is 327 g/mol. The number of para-hydroxylation sites is 1. The van der Waals surface area contributed by atoms with Crippen molar-refractivity contribution in [2.45, 2.75) is 6.92 Å². The number of hydrogen-bond donors (Lipinski definition) is 1. The van der Waals surface area contributed by atoms with Gasteiger partial charge in [-0.2, -0.15) is 0 Å². The molecule has 0 atom stereocenters. The zero-order valence-corrected chi connectivity index (χ0v) is 13.8. The third-order valence-electron chi connectivity index (χ3n) is 4.19. The first-order valence-corrected chi connectivity index (χ1v) is 8.16. The summed E-state index contributed by atoms with van der Waals surface area (Å²) < 4.78 is 5.45. The summed E-state index contributed by atoms with van der Waals surface area (Å²) in [5, 5.41) is 2.16. The van der Waals surface area contributed by atoms with Gasteiger partial charge in [-0.25, -0.2) is 4.79 Å². The molecule has 0 spiro atoms. The molecule has 0 amide bonds. The molecule has 4 aromatic rings. The second-order valence-corrected chi connectivity index (χ2v) is 6.04. The van der Waals surface area contributed by atoms with Crippen LogP contribution >= 0.6 is 0 Å². The Morgan fingerprint density at radius 3 is 2.52 bits per heavy atom. The number of carbonyl (C=O) groups excluding carboxylic acids is 1. The van der Waals surface area contributed by atoms with E-state index in [9.17, 15) is 4.79 Å². The highest BCUT2D eigenvalue weighted by molar-refractivity contribution is 6.07. The molecule has 0 saturated heterocycles. The van der Waals surface area contributed by atoms with Crippen LogP contribution in [0.5, 0.6) is 5.75 Å². The van der Waals surface area contributed by atoms with E-state index in [1.165, 1.54) is 11.6 Å². The van der Waals surface area contributed by atoms with Crippen LogP contribution in [0.4, 0.5) is 0 Å². The zero-order valence-electron chi connectivity index (χ0n) is 13.8. The van der Waals surface area contributed by atoms with E-state index in [1.54, 1.807) is 12.1 Å². The number of rotatable bonds is 3. The fourth-order valence-corrected chi connectivity index (χ4v) is 2.88. The Kier molecular flexibility index (Phi) is 3.82. The summed E-state index contributed by atoms with van der Waals surface area (Å²) in [5.74, 6) is 0.149. The molecule has 0 fully saturated rings. The third-order valence-corrected chi connectivity index (χ3v) is 4.19. The van der Waals surface area contributed by atoms with E-state index in [4.69, 9.17) is 4.74 Å². The maximum atomic E-state index is 12.1. The van der Waals surface area contributed by atoms with Crippen molar-refractivity contribution in [2.24, 2.45) is 0 Å². The highest BCUT2D eigenvalue weighted by Crippen LogP contribution is 2.28.